The minimum atomic E-state index is -3.73. The third-order valence-electron chi connectivity index (χ3n) is 2.29. The van der Waals surface area contributed by atoms with Crippen LogP contribution in [0.3, 0.4) is 0 Å². The first-order chi connectivity index (χ1) is 8.36. The molecule has 0 aromatic carbocycles. The number of hydrogen-bond donors (Lipinski definition) is 1. The lowest BCUT2D eigenvalue weighted by atomic mass is 10.3. The van der Waals surface area contributed by atoms with Crippen molar-refractivity contribution in [2.45, 2.75) is 10.6 Å². The van der Waals surface area contributed by atoms with Crippen molar-refractivity contribution in [3.63, 3.8) is 0 Å². The van der Waals surface area contributed by atoms with Crippen molar-refractivity contribution in [1.82, 2.24) is 4.90 Å². The van der Waals surface area contributed by atoms with Gasteiger partial charge in [-0.25, -0.2) is 13.6 Å². The van der Waals surface area contributed by atoms with Crippen LogP contribution in [0.1, 0.15) is 16.8 Å². The molecule has 0 aliphatic heterocycles. The van der Waals surface area contributed by atoms with E-state index in [1.54, 1.807) is 14.2 Å². The van der Waals surface area contributed by atoms with Gasteiger partial charge in [-0.15, -0.1) is 11.3 Å². The van der Waals surface area contributed by atoms with Gasteiger partial charge in [0.25, 0.3) is 5.91 Å². The molecule has 0 fully saturated rings. The average molecular weight is 292 g/mol. The molecule has 1 aromatic heterocycles. The van der Waals surface area contributed by atoms with Crippen molar-refractivity contribution < 1.29 is 17.9 Å². The van der Waals surface area contributed by atoms with Crippen LogP contribution in [0.25, 0.3) is 0 Å². The van der Waals surface area contributed by atoms with Crippen molar-refractivity contribution in [3.8, 4) is 0 Å². The van der Waals surface area contributed by atoms with E-state index in [-0.39, 0.29) is 10.1 Å². The smallest absolute Gasteiger partial charge is 0.254 e. The Balaban J connectivity index is 2.70. The predicted octanol–water partition coefficient (Wildman–Crippen LogP) is 0.504. The highest BCUT2D eigenvalue weighted by atomic mass is 32.2. The number of nitrogens with zero attached hydrogens (tertiary/aromatic N) is 1. The van der Waals surface area contributed by atoms with Crippen LogP contribution in [0, 0.1) is 0 Å². The van der Waals surface area contributed by atoms with Crippen LogP contribution in [-0.4, -0.2) is 46.5 Å². The van der Waals surface area contributed by atoms with Gasteiger partial charge in [0.15, 0.2) is 0 Å². The Bertz CT molecular complexity index is 510. The minimum absolute atomic E-state index is 0.00357. The van der Waals surface area contributed by atoms with E-state index in [2.05, 4.69) is 0 Å². The fourth-order valence-corrected chi connectivity index (χ4v) is 2.92. The maximum Gasteiger partial charge on any atom is 0.254 e. The number of nitrogens with two attached hydrogens (primary N) is 1. The fourth-order valence-electron chi connectivity index (χ4n) is 1.35. The van der Waals surface area contributed by atoms with Crippen LogP contribution in [0.15, 0.2) is 15.7 Å². The van der Waals surface area contributed by atoms with Crippen LogP contribution >= 0.6 is 11.3 Å². The van der Waals surface area contributed by atoms with Gasteiger partial charge in [0.05, 0.1) is 5.56 Å². The van der Waals surface area contributed by atoms with Crippen molar-refractivity contribution >= 4 is 27.3 Å². The number of primary sulfonamides is 1. The third-order valence-corrected chi connectivity index (χ3v) is 4.68. The van der Waals surface area contributed by atoms with Gasteiger partial charge >= 0.3 is 0 Å². The molecule has 0 atom stereocenters. The number of carbonyl (C=O) groups excluding carboxylic acids is 1. The molecule has 1 rings (SSSR count). The second-order valence-electron chi connectivity index (χ2n) is 3.77. The molecule has 0 radical (unpaired) electrons. The summed E-state index contributed by atoms with van der Waals surface area (Å²) in [6, 6.07) is 1.30. The molecule has 102 valence electrons. The molecule has 1 heterocycles. The quantitative estimate of drug-likeness (QED) is 0.773. The molecule has 0 saturated heterocycles. The molecule has 0 saturated carbocycles. The Hall–Kier alpha value is -0.960. The van der Waals surface area contributed by atoms with Crippen molar-refractivity contribution in [1.29, 1.82) is 0 Å². The van der Waals surface area contributed by atoms with Gasteiger partial charge in [-0.3, -0.25) is 4.79 Å². The molecule has 8 heteroatoms. The topological polar surface area (TPSA) is 89.7 Å². The number of ether oxygens (including phenoxy) is 1. The first kappa shape index (κ1) is 15.1. The second-order valence-corrected chi connectivity index (χ2v) is 6.47. The SMILES string of the molecule is COCCCN(C)C(=O)c1csc(S(N)(=O)=O)c1. The highest BCUT2D eigenvalue weighted by molar-refractivity contribution is 7.91. The molecule has 0 spiro atoms. The lowest BCUT2D eigenvalue weighted by Gasteiger charge is -2.15. The molecule has 2 N–H and O–H groups in total. The van der Waals surface area contributed by atoms with Gasteiger partial charge in [0.1, 0.15) is 4.21 Å². The molecular formula is C10H16N2O4S2. The van der Waals surface area contributed by atoms with Gasteiger partial charge in [-0.1, -0.05) is 0 Å². The summed E-state index contributed by atoms with van der Waals surface area (Å²) in [6.07, 6.45) is 0.727. The first-order valence-corrected chi connectivity index (χ1v) is 7.64. The molecule has 1 amide bonds. The van der Waals surface area contributed by atoms with E-state index in [4.69, 9.17) is 9.88 Å². The summed E-state index contributed by atoms with van der Waals surface area (Å²) in [7, 11) is -0.479. The lowest BCUT2D eigenvalue weighted by molar-refractivity contribution is 0.0780. The maximum absolute atomic E-state index is 11.9. The number of thiophene rings is 1. The summed E-state index contributed by atoms with van der Waals surface area (Å²) in [5.41, 5.74) is 0.337. The molecule has 0 bridgehead atoms. The number of rotatable bonds is 6. The van der Waals surface area contributed by atoms with Crippen molar-refractivity contribution in [2.75, 3.05) is 27.3 Å². The average Bonchev–Trinajstić information content (AvgIpc) is 2.77. The van der Waals surface area contributed by atoms with E-state index in [0.29, 0.717) is 18.7 Å². The van der Waals surface area contributed by atoms with Crippen LogP contribution < -0.4 is 5.14 Å². The number of carbonyl (C=O) groups is 1. The van der Waals surface area contributed by atoms with E-state index < -0.39 is 10.0 Å². The lowest BCUT2D eigenvalue weighted by Crippen LogP contribution is -2.28. The van der Waals surface area contributed by atoms with E-state index in [1.807, 2.05) is 0 Å². The Morgan fingerprint density at radius 3 is 2.72 bits per heavy atom. The summed E-state index contributed by atoms with van der Waals surface area (Å²) in [6.45, 7) is 1.12. The van der Waals surface area contributed by atoms with E-state index in [0.717, 1.165) is 17.8 Å². The molecule has 6 nitrogen and oxygen atoms in total. The fraction of sp³-hybridized carbons (Fsp3) is 0.500. The summed E-state index contributed by atoms with van der Waals surface area (Å²) in [5, 5.41) is 6.48. The Morgan fingerprint density at radius 2 is 2.22 bits per heavy atom. The van der Waals surface area contributed by atoms with Crippen LogP contribution in [0.4, 0.5) is 0 Å². The van der Waals surface area contributed by atoms with E-state index >= 15 is 0 Å². The van der Waals surface area contributed by atoms with Crippen LogP contribution in [-0.2, 0) is 14.8 Å². The normalized spacial score (nSPS) is 11.5. The monoisotopic (exact) mass is 292 g/mol. The highest BCUT2D eigenvalue weighted by Gasteiger charge is 2.17. The predicted molar refractivity (Wildman–Crippen MR) is 69.1 cm³/mol. The van der Waals surface area contributed by atoms with Crippen molar-refractivity contribution in [3.05, 3.63) is 17.0 Å². The highest BCUT2D eigenvalue weighted by Crippen LogP contribution is 2.19. The van der Waals surface area contributed by atoms with E-state index in [9.17, 15) is 13.2 Å². The van der Waals surface area contributed by atoms with Gasteiger partial charge < -0.3 is 9.64 Å². The number of hydrogen-bond acceptors (Lipinski definition) is 5. The van der Waals surface area contributed by atoms with Gasteiger partial charge in [-0.2, -0.15) is 0 Å². The Morgan fingerprint density at radius 1 is 1.56 bits per heavy atom. The first-order valence-electron chi connectivity index (χ1n) is 5.22. The third kappa shape index (κ3) is 4.05. The van der Waals surface area contributed by atoms with Gasteiger partial charge in [0.2, 0.25) is 10.0 Å². The van der Waals surface area contributed by atoms with E-state index in [1.165, 1.54) is 16.3 Å². The van der Waals surface area contributed by atoms with Crippen molar-refractivity contribution in [2.24, 2.45) is 5.14 Å². The number of amides is 1. The number of methoxy groups -OCH3 is 1. The van der Waals surface area contributed by atoms with Gasteiger partial charge in [-0.05, 0) is 12.5 Å². The molecule has 0 aliphatic carbocycles. The van der Waals surface area contributed by atoms with Crippen LogP contribution in [0.2, 0.25) is 0 Å². The summed E-state index contributed by atoms with van der Waals surface area (Å²) < 4.78 is 27.1. The molecule has 1 aromatic rings. The zero-order valence-electron chi connectivity index (χ0n) is 10.3. The second kappa shape index (κ2) is 6.28. The number of sulfonamides is 1. The largest absolute Gasteiger partial charge is 0.385 e. The zero-order chi connectivity index (χ0) is 13.8. The molecule has 0 aliphatic rings. The maximum atomic E-state index is 11.9. The van der Waals surface area contributed by atoms with Crippen LogP contribution in [0.5, 0.6) is 0 Å². The Kier molecular flexibility index (Phi) is 5.27. The minimum Gasteiger partial charge on any atom is -0.385 e. The zero-order valence-corrected chi connectivity index (χ0v) is 11.9. The molecular weight excluding hydrogens is 276 g/mol. The Labute approximate surface area is 110 Å². The molecule has 0 unspecified atom stereocenters. The van der Waals surface area contributed by atoms with Gasteiger partial charge in [0, 0.05) is 32.7 Å². The standard InChI is InChI=1S/C10H16N2O4S2/c1-12(4-3-5-16-2)10(13)8-6-9(17-7-8)18(11,14)15/h6-7H,3-5H2,1-2H3,(H2,11,14,15). The summed E-state index contributed by atoms with van der Waals surface area (Å²) in [5.74, 6) is -0.225. The molecule has 18 heavy (non-hydrogen) atoms. The summed E-state index contributed by atoms with van der Waals surface area (Å²) in [4.78, 5) is 13.5. The summed E-state index contributed by atoms with van der Waals surface area (Å²) >= 11 is 0.945.